The topological polar surface area (TPSA) is 67.2 Å². The van der Waals surface area contributed by atoms with E-state index in [1.54, 1.807) is 16.4 Å². The zero-order chi connectivity index (χ0) is 13.5. The van der Waals surface area contributed by atoms with Gasteiger partial charge in [0.1, 0.15) is 6.04 Å². The highest BCUT2D eigenvalue weighted by molar-refractivity contribution is 7.99. The van der Waals surface area contributed by atoms with Crippen molar-refractivity contribution < 1.29 is 9.90 Å². The first-order chi connectivity index (χ1) is 8.29. The number of carboxylic acids is 1. The summed E-state index contributed by atoms with van der Waals surface area (Å²) in [5, 5.41) is 16.7. The Kier molecular flexibility index (Phi) is 3.42. The first-order valence-corrected chi connectivity index (χ1v) is 6.98. The molecule has 2 heterocycles. The molecule has 100 valence electrons. The molecule has 0 radical (unpaired) electrons. The highest BCUT2D eigenvalue weighted by Crippen LogP contribution is 2.37. The fraction of sp³-hybridized carbons (Fsp3) is 0.667. The molecular formula is C12H19N3O2S. The fourth-order valence-corrected chi connectivity index (χ4v) is 3.31. The Bertz CT molecular complexity index is 464. The summed E-state index contributed by atoms with van der Waals surface area (Å²) in [6.45, 7) is 6.35. The summed E-state index contributed by atoms with van der Waals surface area (Å²) in [4.78, 5) is 11.0. The largest absolute Gasteiger partial charge is 0.480 e. The SMILES string of the molecule is Cn1cc(C2N[C@H](C(=O)O)CS2)c(C(C)(C)C)n1. The van der Waals surface area contributed by atoms with Crippen molar-refractivity contribution in [3.05, 3.63) is 17.5 Å². The monoisotopic (exact) mass is 269 g/mol. The number of nitrogens with zero attached hydrogens (tertiary/aromatic N) is 2. The van der Waals surface area contributed by atoms with Gasteiger partial charge in [0.2, 0.25) is 0 Å². The molecule has 1 saturated heterocycles. The highest BCUT2D eigenvalue weighted by atomic mass is 32.2. The zero-order valence-electron chi connectivity index (χ0n) is 11.1. The molecule has 2 N–H and O–H groups in total. The third kappa shape index (κ3) is 2.54. The van der Waals surface area contributed by atoms with Gasteiger partial charge >= 0.3 is 5.97 Å². The molecule has 0 aliphatic carbocycles. The average molecular weight is 269 g/mol. The minimum Gasteiger partial charge on any atom is -0.480 e. The molecule has 0 amide bonds. The predicted octanol–water partition coefficient (Wildman–Crippen LogP) is 1.51. The molecule has 18 heavy (non-hydrogen) atoms. The Hall–Kier alpha value is -1.01. The Morgan fingerprint density at radius 3 is 2.78 bits per heavy atom. The van der Waals surface area contributed by atoms with Crippen molar-refractivity contribution in [1.29, 1.82) is 0 Å². The summed E-state index contributed by atoms with van der Waals surface area (Å²) in [7, 11) is 1.90. The molecule has 1 aliphatic heterocycles. The van der Waals surface area contributed by atoms with E-state index in [-0.39, 0.29) is 10.8 Å². The van der Waals surface area contributed by atoms with Gasteiger partial charge in [0.05, 0.1) is 11.1 Å². The van der Waals surface area contributed by atoms with E-state index in [1.807, 2.05) is 13.2 Å². The first kappa shape index (κ1) is 13.4. The highest BCUT2D eigenvalue weighted by Gasteiger charge is 2.34. The van der Waals surface area contributed by atoms with Crippen molar-refractivity contribution >= 4 is 17.7 Å². The standard InChI is InChI=1S/C12H19N3O2S/c1-12(2,3)9-7(5-15(4)14-9)10-13-8(6-18-10)11(16)17/h5,8,10,13H,6H2,1-4H3,(H,16,17)/t8-,10?/m0/s1. The number of carboxylic acid groups (broad SMARTS) is 1. The minimum atomic E-state index is -0.786. The van der Waals surface area contributed by atoms with Crippen LogP contribution in [0.5, 0.6) is 0 Å². The van der Waals surface area contributed by atoms with Gasteiger partial charge in [-0.2, -0.15) is 5.10 Å². The van der Waals surface area contributed by atoms with E-state index in [1.165, 1.54) is 0 Å². The minimum absolute atomic E-state index is 0.0222. The van der Waals surface area contributed by atoms with Crippen LogP contribution in [0.4, 0.5) is 0 Å². The van der Waals surface area contributed by atoms with Crippen molar-refractivity contribution in [1.82, 2.24) is 15.1 Å². The Balaban J connectivity index is 2.27. The summed E-state index contributed by atoms with van der Waals surface area (Å²) in [5.74, 6) is -0.190. The van der Waals surface area contributed by atoms with Gasteiger partial charge < -0.3 is 5.11 Å². The van der Waals surface area contributed by atoms with Crippen molar-refractivity contribution in [2.45, 2.75) is 37.6 Å². The summed E-state index contributed by atoms with van der Waals surface area (Å²) in [6.07, 6.45) is 1.98. The molecular weight excluding hydrogens is 250 g/mol. The normalized spacial score (nSPS) is 24.4. The van der Waals surface area contributed by atoms with Crippen LogP contribution < -0.4 is 5.32 Å². The van der Waals surface area contributed by atoms with Gasteiger partial charge in [-0.05, 0) is 0 Å². The van der Waals surface area contributed by atoms with Gasteiger partial charge in [0.15, 0.2) is 0 Å². The van der Waals surface area contributed by atoms with Crippen molar-refractivity contribution in [2.75, 3.05) is 5.75 Å². The molecule has 1 aromatic heterocycles. The number of carbonyl (C=O) groups is 1. The van der Waals surface area contributed by atoms with Crippen molar-refractivity contribution in [3.8, 4) is 0 Å². The maximum atomic E-state index is 11.0. The summed E-state index contributed by atoms with van der Waals surface area (Å²) >= 11 is 1.63. The maximum absolute atomic E-state index is 11.0. The number of aryl methyl sites for hydroxylation is 1. The van der Waals surface area contributed by atoms with Crippen LogP contribution in [0.2, 0.25) is 0 Å². The van der Waals surface area contributed by atoms with Crippen LogP contribution in [0.3, 0.4) is 0 Å². The molecule has 0 aromatic carbocycles. The molecule has 1 aliphatic rings. The van der Waals surface area contributed by atoms with Crippen molar-refractivity contribution in [3.63, 3.8) is 0 Å². The zero-order valence-corrected chi connectivity index (χ0v) is 11.9. The average Bonchev–Trinajstić information content (AvgIpc) is 2.81. The number of hydrogen-bond donors (Lipinski definition) is 2. The molecule has 5 nitrogen and oxygen atoms in total. The Morgan fingerprint density at radius 2 is 2.28 bits per heavy atom. The number of thioether (sulfide) groups is 1. The van der Waals surface area contributed by atoms with Gasteiger partial charge in [0, 0.05) is 30.0 Å². The van der Waals surface area contributed by atoms with Crippen LogP contribution in [0.1, 0.15) is 37.4 Å². The Labute approximate surface area is 111 Å². The van der Waals surface area contributed by atoms with E-state index in [0.29, 0.717) is 5.75 Å². The molecule has 6 heteroatoms. The first-order valence-electron chi connectivity index (χ1n) is 5.93. The summed E-state index contributed by atoms with van der Waals surface area (Å²) < 4.78 is 1.80. The summed E-state index contributed by atoms with van der Waals surface area (Å²) in [5.41, 5.74) is 2.08. The second-order valence-electron chi connectivity index (χ2n) is 5.63. The second-order valence-corrected chi connectivity index (χ2v) is 6.77. The third-order valence-electron chi connectivity index (χ3n) is 2.93. The van der Waals surface area contributed by atoms with Gasteiger partial charge in [-0.25, -0.2) is 0 Å². The molecule has 1 fully saturated rings. The van der Waals surface area contributed by atoms with Gasteiger partial charge in [-0.1, -0.05) is 20.8 Å². The van der Waals surface area contributed by atoms with Crippen LogP contribution in [-0.2, 0) is 17.3 Å². The second kappa shape index (κ2) is 4.59. The van der Waals surface area contributed by atoms with E-state index in [4.69, 9.17) is 5.11 Å². The van der Waals surface area contributed by atoms with E-state index in [0.717, 1.165) is 11.3 Å². The van der Waals surface area contributed by atoms with E-state index in [9.17, 15) is 4.79 Å². The van der Waals surface area contributed by atoms with Crippen LogP contribution in [0, 0.1) is 0 Å². The maximum Gasteiger partial charge on any atom is 0.321 e. The van der Waals surface area contributed by atoms with Crippen LogP contribution >= 0.6 is 11.8 Å². The lowest BCUT2D eigenvalue weighted by atomic mass is 9.89. The molecule has 0 spiro atoms. The van der Waals surface area contributed by atoms with Crippen LogP contribution in [0.25, 0.3) is 0 Å². The Morgan fingerprint density at radius 1 is 1.61 bits per heavy atom. The molecule has 1 aromatic rings. The predicted molar refractivity (Wildman–Crippen MR) is 71.7 cm³/mol. The fourth-order valence-electron chi connectivity index (χ4n) is 2.08. The molecule has 0 saturated carbocycles. The van der Waals surface area contributed by atoms with Crippen molar-refractivity contribution in [2.24, 2.45) is 7.05 Å². The number of aromatic nitrogens is 2. The van der Waals surface area contributed by atoms with Gasteiger partial charge in [-0.3, -0.25) is 14.8 Å². The quantitative estimate of drug-likeness (QED) is 0.852. The lowest BCUT2D eigenvalue weighted by Gasteiger charge is -2.20. The lowest BCUT2D eigenvalue weighted by Crippen LogP contribution is -2.34. The van der Waals surface area contributed by atoms with E-state index in [2.05, 4.69) is 31.2 Å². The summed E-state index contributed by atoms with van der Waals surface area (Å²) in [6, 6.07) is -0.465. The van der Waals surface area contributed by atoms with Gasteiger partial charge in [0.25, 0.3) is 0 Å². The van der Waals surface area contributed by atoms with E-state index >= 15 is 0 Å². The number of rotatable bonds is 2. The molecule has 2 atom stereocenters. The molecule has 1 unspecified atom stereocenters. The molecule has 2 rings (SSSR count). The third-order valence-corrected chi connectivity index (χ3v) is 4.18. The number of aliphatic carboxylic acids is 1. The number of hydrogen-bond acceptors (Lipinski definition) is 4. The van der Waals surface area contributed by atoms with Gasteiger partial charge in [-0.15, -0.1) is 11.8 Å². The lowest BCUT2D eigenvalue weighted by molar-refractivity contribution is -0.138. The number of nitrogens with one attached hydrogen (secondary N) is 1. The smallest absolute Gasteiger partial charge is 0.321 e. The van der Waals surface area contributed by atoms with Crippen LogP contribution in [0.15, 0.2) is 6.20 Å². The molecule has 0 bridgehead atoms. The van der Waals surface area contributed by atoms with Crippen LogP contribution in [-0.4, -0.2) is 32.7 Å². The van der Waals surface area contributed by atoms with E-state index < -0.39 is 12.0 Å².